The van der Waals surface area contributed by atoms with Crippen molar-refractivity contribution in [3.63, 3.8) is 0 Å². The van der Waals surface area contributed by atoms with Gasteiger partial charge >= 0.3 is 0 Å². The normalized spacial score (nSPS) is 16.0. The molecule has 1 saturated heterocycles. The molecule has 0 spiro atoms. The molecule has 1 unspecified atom stereocenters. The number of rotatable bonds is 5. The number of carbonyl (C=O) groups is 1. The number of thiophene rings is 1. The van der Waals surface area contributed by atoms with Crippen molar-refractivity contribution >= 4 is 39.9 Å². The van der Waals surface area contributed by atoms with Crippen LogP contribution >= 0.6 is 23.1 Å². The second-order valence-corrected chi connectivity index (χ2v) is 9.71. The average Bonchev–Trinajstić information content (AvgIpc) is 3.49. The van der Waals surface area contributed by atoms with Crippen LogP contribution in [0.15, 0.2) is 70.1 Å². The van der Waals surface area contributed by atoms with Gasteiger partial charge in [0.05, 0.1) is 22.7 Å². The molecule has 4 heterocycles. The SMILES string of the molecule is Cc1ccnc(-n2c(SCC(=O)N3CCCC3c3cccs3)nc3ccccc3c2=O)c1. The number of nitrogens with zero attached hydrogens (tertiary/aromatic N) is 4. The van der Waals surface area contributed by atoms with E-state index in [9.17, 15) is 9.59 Å². The predicted molar refractivity (Wildman–Crippen MR) is 129 cm³/mol. The minimum absolute atomic E-state index is 0.0667. The van der Waals surface area contributed by atoms with E-state index in [0.29, 0.717) is 21.9 Å². The van der Waals surface area contributed by atoms with Gasteiger partial charge in [-0.3, -0.25) is 9.59 Å². The lowest BCUT2D eigenvalue weighted by atomic mass is 10.2. The number of carbonyl (C=O) groups excluding carboxylic acids is 1. The summed E-state index contributed by atoms with van der Waals surface area (Å²) in [4.78, 5) is 38.8. The molecule has 1 aliphatic heterocycles. The number of amides is 1. The largest absolute Gasteiger partial charge is 0.334 e. The fourth-order valence-electron chi connectivity index (χ4n) is 4.10. The summed E-state index contributed by atoms with van der Waals surface area (Å²) in [5.74, 6) is 0.802. The van der Waals surface area contributed by atoms with E-state index in [1.54, 1.807) is 23.6 Å². The molecule has 8 heteroatoms. The van der Waals surface area contributed by atoms with Crippen molar-refractivity contribution in [2.45, 2.75) is 31.0 Å². The first-order chi connectivity index (χ1) is 15.6. The Hall–Kier alpha value is -2.97. The zero-order valence-electron chi connectivity index (χ0n) is 17.6. The summed E-state index contributed by atoms with van der Waals surface area (Å²) in [6.07, 6.45) is 3.68. The van der Waals surface area contributed by atoms with E-state index in [4.69, 9.17) is 4.98 Å². The predicted octanol–water partition coefficient (Wildman–Crippen LogP) is 4.61. The van der Waals surface area contributed by atoms with Crippen molar-refractivity contribution in [3.8, 4) is 5.82 Å². The lowest BCUT2D eigenvalue weighted by Gasteiger charge is -2.24. The van der Waals surface area contributed by atoms with Gasteiger partial charge < -0.3 is 4.90 Å². The smallest absolute Gasteiger partial charge is 0.267 e. The quantitative estimate of drug-likeness (QED) is 0.320. The van der Waals surface area contributed by atoms with Crippen LogP contribution in [0.5, 0.6) is 0 Å². The number of likely N-dealkylation sites (tertiary alicyclic amines) is 1. The molecule has 5 rings (SSSR count). The van der Waals surface area contributed by atoms with E-state index < -0.39 is 0 Å². The summed E-state index contributed by atoms with van der Waals surface area (Å²) < 4.78 is 1.52. The summed E-state index contributed by atoms with van der Waals surface area (Å²) in [5.41, 5.74) is 1.44. The highest BCUT2D eigenvalue weighted by Crippen LogP contribution is 2.35. The molecule has 32 heavy (non-hydrogen) atoms. The Balaban J connectivity index is 1.48. The minimum atomic E-state index is -0.179. The van der Waals surface area contributed by atoms with Crippen LogP contribution in [0, 0.1) is 6.92 Å². The van der Waals surface area contributed by atoms with E-state index in [1.807, 2.05) is 48.2 Å². The zero-order valence-corrected chi connectivity index (χ0v) is 19.2. The molecular formula is C24H22N4O2S2. The summed E-state index contributed by atoms with van der Waals surface area (Å²) in [6.45, 7) is 2.72. The molecule has 0 N–H and O–H groups in total. The maximum Gasteiger partial charge on any atom is 0.267 e. The molecule has 6 nitrogen and oxygen atoms in total. The van der Waals surface area contributed by atoms with Crippen LogP contribution in [-0.2, 0) is 4.79 Å². The Morgan fingerprint density at radius 3 is 2.91 bits per heavy atom. The van der Waals surface area contributed by atoms with Crippen molar-refractivity contribution in [1.82, 2.24) is 19.4 Å². The first-order valence-corrected chi connectivity index (χ1v) is 12.4. The van der Waals surface area contributed by atoms with E-state index in [-0.39, 0.29) is 23.3 Å². The third kappa shape index (κ3) is 3.96. The number of pyridine rings is 1. The van der Waals surface area contributed by atoms with E-state index >= 15 is 0 Å². The highest BCUT2D eigenvalue weighted by atomic mass is 32.2. The summed E-state index contributed by atoms with van der Waals surface area (Å²) >= 11 is 2.99. The van der Waals surface area contributed by atoms with E-state index in [2.05, 4.69) is 16.4 Å². The molecule has 1 aliphatic rings. The van der Waals surface area contributed by atoms with Crippen LogP contribution in [0.4, 0.5) is 0 Å². The second kappa shape index (κ2) is 8.88. The number of benzene rings is 1. The van der Waals surface area contributed by atoms with Crippen molar-refractivity contribution < 1.29 is 4.79 Å². The van der Waals surface area contributed by atoms with Gasteiger partial charge in [-0.1, -0.05) is 30.0 Å². The van der Waals surface area contributed by atoms with Gasteiger partial charge in [-0.15, -0.1) is 11.3 Å². The lowest BCUT2D eigenvalue weighted by molar-refractivity contribution is -0.129. The fourth-order valence-corrected chi connectivity index (χ4v) is 5.87. The number of aromatic nitrogens is 3. The fraction of sp³-hybridized carbons (Fsp3) is 0.250. The van der Waals surface area contributed by atoms with Crippen molar-refractivity contribution in [2.24, 2.45) is 0 Å². The molecule has 162 valence electrons. The molecule has 0 bridgehead atoms. The van der Waals surface area contributed by atoms with Gasteiger partial charge in [0, 0.05) is 17.6 Å². The minimum Gasteiger partial charge on any atom is -0.334 e. The van der Waals surface area contributed by atoms with Crippen LogP contribution in [0.1, 0.15) is 29.3 Å². The highest BCUT2D eigenvalue weighted by molar-refractivity contribution is 7.99. The number of para-hydroxylation sites is 1. The highest BCUT2D eigenvalue weighted by Gasteiger charge is 2.30. The first kappa shape index (κ1) is 20.9. The van der Waals surface area contributed by atoms with Gasteiger partial charge in [-0.25, -0.2) is 14.5 Å². The Morgan fingerprint density at radius 1 is 1.22 bits per heavy atom. The molecule has 4 aromatic rings. The zero-order chi connectivity index (χ0) is 22.1. The molecule has 1 aromatic carbocycles. The number of fused-ring (bicyclic) bond motifs is 1. The van der Waals surface area contributed by atoms with Gasteiger partial charge in [-0.2, -0.15) is 0 Å². The van der Waals surface area contributed by atoms with Crippen LogP contribution in [0.2, 0.25) is 0 Å². The standard InChI is InChI=1S/C24H22N4O2S2/c1-16-10-11-25-21(14-16)28-23(30)17-6-2-3-7-18(17)26-24(28)32-15-22(29)27-12-4-8-19(27)20-9-5-13-31-20/h2-3,5-7,9-11,13-14,19H,4,8,12,15H2,1H3. The third-order valence-corrected chi connectivity index (χ3v) is 7.54. The number of aryl methyl sites for hydroxylation is 1. The van der Waals surface area contributed by atoms with Gasteiger partial charge in [0.2, 0.25) is 5.91 Å². The van der Waals surface area contributed by atoms with Gasteiger partial charge in [0.15, 0.2) is 5.16 Å². The number of hydrogen-bond acceptors (Lipinski definition) is 6. The molecule has 0 aliphatic carbocycles. The number of thioether (sulfide) groups is 1. The summed E-state index contributed by atoms with van der Waals surface area (Å²) in [5, 5.41) is 3.06. The van der Waals surface area contributed by atoms with Crippen molar-refractivity contribution in [3.05, 3.63) is 80.9 Å². The average molecular weight is 463 g/mol. The summed E-state index contributed by atoms with van der Waals surface area (Å²) in [6, 6.07) is 15.3. The van der Waals surface area contributed by atoms with Crippen molar-refractivity contribution in [2.75, 3.05) is 12.3 Å². The summed E-state index contributed by atoms with van der Waals surface area (Å²) in [7, 11) is 0. The Morgan fingerprint density at radius 2 is 2.09 bits per heavy atom. The Kier molecular flexibility index (Phi) is 5.80. The monoisotopic (exact) mass is 462 g/mol. The Bertz CT molecular complexity index is 1330. The molecule has 1 atom stereocenters. The maximum absolute atomic E-state index is 13.3. The second-order valence-electron chi connectivity index (χ2n) is 7.79. The van der Waals surface area contributed by atoms with Crippen LogP contribution in [0.3, 0.4) is 0 Å². The molecule has 1 amide bonds. The van der Waals surface area contributed by atoms with Crippen LogP contribution in [-0.4, -0.2) is 37.6 Å². The van der Waals surface area contributed by atoms with Gasteiger partial charge in [0.1, 0.15) is 5.82 Å². The molecule has 3 aromatic heterocycles. The first-order valence-electron chi connectivity index (χ1n) is 10.5. The Labute approximate surface area is 193 Å². The van der Waals surface area contributed by atoms with Gasteiger partial charge in [-0.05, 0) is 61.0 Å². The van der Waals surface area contributed by atoms with Gasteiger partial charge in [0.25, 0.3) is 5.56 Å². The lowest BCUT2D eigenvalue weighted by Crippen LogP contribution is -2.32. The van der Waals surface area contributed by atoms with Crippen molar-refractivity contribution in [1.29, 1.82) is 0 Å². The molecule has 1 fully saturated rings. The van der Waals surface area contributed by atoms with Crippen LogP contribution in [0.25, 0.3) is 16.7 Å². The maximum atomic E-state index is 13.3. The topological polar surface area (TPSA) is 68.1 Å². The third-order valence-electron chi connectivity index (χ3n) is 5.64. The van der Waals surface area contributed by atoms with E-state index in [0.717, 1.165) is 24.9 Å². The number of hydrogen-bond donors (Lipinski definition) is 0. The van der Waals surface area contributed by atoms with Crippen LogP contribution < -0.4 is 5.56 Å². The molecule has 0 radical (unpaired) electrons. The molecule has 0 saturated carbocycles. The van der Waals surface area contributed by atoms with E-state index in [1.165, 1.54) is 21.2 Å². The molecular weight excluding hydrogens is 440 g/mol.